The van der Waals surface area contributed by atoms with Gasteiger partial charge in [-0.3, -0.25) is 0 Å². The molecule has 0 bridgehead atoms. The minimum absolute atomic E-state index is 0.744. The van der Waals surface area contributed by atoms with Crippen LogP contribution in [0, 0.1) is 5.92 Å². The zero-order chi connectivity index (χ0) is 13.1. The Morgan fingerprint density at radius 2 is 1.95 bits per heavy atom. The van der Waals surface area contributed by atoms with Gasteiger partial charge in [-0.25, -0.2) is 0 Å². The lowest BCUT2D eigenvalue weighted by molar-refractivity contribution is 0.483. The maximum atomic E-state index is 6.28. The molecule has 3 rings (SSSR count). The lowest BCUT2D eigenvalue weighted by Crippen LogP contribution is -2.14. The van der Waals surface area contributed by atoms with E-state index >= 15 is 0 Å². The summed E-state index contributed by atoms with van der Waals surface area (Å²) in [6, 6.07) is 3.83. The first-order valence-corrected chi connectivity index (χ1v) is 8.10. The molecule has 1 aliphatic rings. The Kier molecular flexibility index (Phi) is 4.18. The molecule has 1 aliphatic carbocycles. The second-order valence-corrected chi connectivity index (χ2v) is 6.23. The van der Waals surface area contributed by atoms with E-state index in [1.54, 1.807) is 0 Å². The molecule has 1 saturated carbocycles. The van der Waals surface area contributed by atoms with E-state index in [-0.39, 0.29) is 0 Å². The molecule has 2 aromatic rings. The van der Waals surface area contributed by atoms with Gasteiger partial charge in [-0.05, 0) is 30.9 Å². The molecule has 0 atom stereocenters. The first-order valence-electron chi connectivity index (χ1n) is 6.99. The van der Waals surface area contributed by atoms with Crippen LogP contribution in [0.15, 0.2) is 12.1 Å². The molecule has 0 spiro atoms. The summed E-state index contributed by atoms with van der Waals surface area (Å²) in [6.07, 6.45) is 8.17. The van der Waals surface area contributed by atoms with Crippen LogP contribution in [-0.4, -0.2) is 15.3 Å². The van der Waals surface area contributed by atoms with Crippen LogP contribution in [-0.2, 0) is 0 Å². The number of benzene rings is 1. The van der Waals surface area contributed by atoms with E-state index in [2.05, 4.69) is 14.1 Å². The van der Waals surface area contributed by atoms with Gasteiger partial charge in [-0.2, -0.15) is 8.75 Å². The van der Waals surface area contributed by atoms with Crippen molar-refractivity contribution in [3.63, 3.8) is 0 Å². The van der Waals surface area contributed by atoms with Crippen molar-refractivity contribution in [3.8, 4) is 0 Å². The van der Waals surface area contributed by atoms with E-state index in [4.69, 9.17) is 11.6 Å². The van der Waals surface area contributed by atoms with Crippen molar-refractivity contribution in [2.45, 2.75) is 38.5 Å². The predicted octanol–water partition coefficient (Wildman–Crippen LogP) is 4.73. The molecule has 1 fully saturated rings. The monoisotopic (exact) mass is 295 g/mol. The average molecular weight is 296 g/mol. The minimum Gasteiger partial charge on any atom is -0.382 e. The number of halogens is 1. The summed E-state index contributed by atoms with van der Waals surface area (Å²) in [7, 11) is 0. The minimum atomic E-state index is 0.744. The molecular formula is C14H18ClN3S. The zero-order valence-electron chi connectivity index (χ0n) is 10.9. The lowest BCUT2D eigenvalue weighted by Gasteiger charge is -2.16. The summed E-state index contributed by atoms with van der Waals surface area (Å²) in [6.45, 7) is 0.996. The number of nitrogens with zero attached hydrogens (tertiary/aromatic N) is 2. The SMILES string of the molecule is Clc1ccc2nsnc2c1NCC1CCCCCC1. The normalized spacial score (nSPS) is 17.5. The fourth-order valence-electron chi connectivity index (χ4n) is 2.81. The Morgan fingerprint density at radius 1 is 1.16 bits per heavy atom. The molecule has 0 amide bonds. The highest BCUT2D eigenvalue weighted by molar-refractivity contribution is 7.00. The first kappa shape index (κ1) is 13.1. The van der Waals surface area contributed by atoms with Crippen LogP contribution in [0.3, 0.4) is 0 Å². The van der Waals surface area contributed by atoms with E-state index in [0.29, 0.717) is 0 Å². The van der Waals surface area contributed by atoms with Crippen LogP contribution >= 0.6 is 23.3 Å². The number of nitrogens with one attached hydrogen (secondary N) is 1. The van der Waals surface area contributed by atoms with E-state index in [0.717, 1.165) is 34.2 Å². The molecule has 1 N–H and O–H groups in total. The smallest absolute Gasteiger partial charge is 0.129 e. The molecule has 102 valence electrons. The molecule has 19 heavy (non-hydrogen) atoms. The van der Waals surface area contributed by atoms with Crippen molar-refractivity contribution in [3.05, 3.63) is 17.2 Å². The standard InChI is InChI=1S/C14H18ClN3S/c15-11-7-8-12-14(18-19-17-12)13(11)16-9-10-5-3-1-2-4-6-10/h7-8,10,16H,1-6,9H2. The van der Waals surface area contributed by atoms with E-state index in [1.807, 2.05) is 12.1 Å². The highest BCUT2D eigenvalue weighted by Crippen LogP contribution is 2.31. The average Bonchev–Trinajstić information content (AvgIpc) is 2.73. The third kappa shape index (κ3) is 3.00. The van der Waals surface area contributed by atoms with Gasteiger partial charge in [-0.15, -0.1) is 0 Å². The number of fused-ring (bicyclic) bond motifs is 1. The molecule has 1 aromatic carbocycles. The van der Waals surface area contributed by atoms with Crippen LogP contribution in [0.4, 0.5) is 5.69 Å². The third-order valence-electron chi connectivity index (χ3n) is 3.92. The van der Waals surface area contributed by atoms with E-state index < -0.39 is 0 Å². The Hall–Kier alpha value is -0.870. The van der Waals surface area contributed by atoms with Crippen LogP contribution in [0.5, 0.6) is 0 Å². The topological polar surface area (TPSA) is 37.8 Å². The zero-order valence-corrected chi connectivity index (χ0v) is 12.4. The molecule has 1 aromatic heterocycles. The predicted molar refractivity (Wildman–Crippen MR) is 82.1 cm³/mol. The quantitative estimate of drug-likeness (QED) is 0.832. The lowest BCUT2D eigenvalue weighted by atomic mass is 10.0. The Balaban J connectivity index is 1.73. The first-order chi connectivity index (χ1) is 9.34. The number of rotatable bonds is 3. The number of anilines is 1. The molecule has 0 radical (unpaired) electrons. The molecule has 3 nitrogen and oxygen atoms in total. The van der Waals surface area contributed by atoms with Crippen LogP contribution < -0.4 is 5.32 Å². The van der Waals surface area contributed by atoms with Gasteiger partial charge < -0.3 is 5.32 Å². The Bertz CT molecular complexity index is 547. The Labute approximate surface area is 122 Å². The molecule has 5 heteroatoms. The second-order valence-electron chi connectivity index (χ2n) is 5.29. The van der Waals surface area contributed by atoms with Gasteiger partial charge in [0.2, 0.25) is 0 Å². The second kappa shape index (κ2) is 6.06. The summed E-state index contributed by atoms with van der Waals surface area (Å²) in [5.74, 6) is 0.764. The molecular weight excluding hydrogens is 278 g/mol. The maximum absolute atomic E-state index is 6.28. The Morgan fingerprint density at radius 3 is 2.74 bits per heavy atom. The molecule has 0 aliphatic heterocycles. The van der Waals surface area contributed by atoms with Gasteiger partial charge in [0.05, 0.1) is 22.4 Å². The summed E-state index contributed by atoms with van der Waals surface area (Å²) in [5, 5.41) is 4.26. The summed E-state index contributed by atoms with van der Waals surface area (Å²) >= 11 is 7.53. The molecule has 1 heterocycles. The molecule has 0 saturated heterocycles. The fourth-order valence-corrected chi connectivity index (χ4v) is 3.57. The highest BCUT2D eigenvalue weighted by Gasteiger charge is 2.14. The number of hydrogen-bond donors (Lipinski definition) is 1. The van der Waals surface area contributed by atoms with Gasteiger partial charge in [-0.1, -0.05) is 37.3 Å². The van der Waals surface area contributed by atoms with Gasteiger partial charge in [0.15, 0.2) is 0 Å². The van der Waals surface area contributed by atoms with Crippen LogP contribution in [0.25, 0.3) is 11.0 Å². The van der Waals surface area contributed by atoms with Crippen molar-refractivity contribution in [2.75, 3.05) is 11.9 Å². The van der Waals surface area contributed by atoms with Gasteiger partial charge >= 0.3 is 0 Å². The fraction of sp³-hybridized carbons (Fsp3) is 0.571. The van der Waals surface area contributed by atoms with Gasteiger partial charge in [0, 0.05) is 6.54 Å². The van der Waals surface area contributed by atoms with Gasteiger partial charge in [0.25, 0.3) is 0 Å². The van der Waals surface area contributed by atoms with Crippen molar-refractivity contribution in [1.82, 2.24) is 8.75 Å². The van der Waals surface area contributed by atoms with Crippen molar-refractivity contribution in [1.29, 1.82) is 0 Å². The number of hydrogen-bond acceptors (Lipinski definition) is 4. The van der Waals surface area contributed by atoms with Gasteiger partial charge in [0.1, 0.15) is 11.0 Å². The largest absolute Gasteiger partial charge is 0.382 e. The van der Waals surface area contributed by atoms with E-state index in [9.17, 15) is 0 Å². The summed E-state index contributed by atoms with van der Waals surface area (Å²) < 4.78 is 8.61. The van der Waals surface area contributed by atoms with Crippen LogP contribution in [0.2, 0.25) is 5.02 Å². The highest BCUT2D eigenvalue weighted by atomic mass is 35.5. The number of aromatic nitrogens is 2. The van der Waals surface area contributed by atoms with Crippen molar-refractivity contribution >= 4 is 40.0 Å². The third-order valence-corrected chi connectivity index (χ3v) is 4.78. The summed E-state index contributed by atoms with van der Waals surface area (Å²) in [5.41, 5.74) is 2.79. The van der Waals surface area contributed by atoms with Crippen LogP contribution in [0.1, 0.15) is 38.5 Å². The summed E-state index contributed by atoms with van der Waals surface area (Å²) in [4.78, 5) is 0. The van der Waals surface area contributed by atoms with Crippen molar-refractivity contribution in [2.24, 2.45) is 5.92 Å². The van der Waals surface area contributed by atoms with Crippen molar-refractivity contribution < 1.29 is 0 Å². The van der Waals surface area contributed by atoms with E-state index in [1.165, 1.54) is 50.3 Å². The molecule has 0 unspecified atom stereocenters. The maximum Gasteiger partial charge on any atom is 0.129 e.